The minimum absolute atomic E-state index is 0.0810. The van der Waals surface area contributed by atoms with E-state index in [2.05, 4.69) is 5.32 Å². The van der Waals surface area contributed by atoms with Gasteiger partial charge in [-0.3, -0.25) is 4.79 Å². The van der Waals surface area contributed by atoms with E-state index in [-0.39, 0.29) is 21.9 Å². The van der Waals surface area contributed by atoms with Gasteiger partial charge in [0.05, 0.1) is 35.9 Å². The largest absolute Gasteiger partial charge is 0.378 e. The molecule has 174 valence electrons. The molecule has 0 atom stereocenters. The summed E-state index contributed by atoms with van der Waals surface area (Å²) in [7, 11) is -3.72. The lowest BCUT2D eigenvalue weighted by atomic mass is 10.1. The lowest BCUT2D eigenvalue weighted by Gasteiger charge is -2.31. The number of halogens is 2. The van der Waals surface area contributed by atoms with Gasteiger partial charge in [-0.05, 0) is 30.3 Å². The van der Waals surface area contributed by atoms with Crippen LogP contribution in [0.1, 0.15) is 19.4 Å². The second-order valence-corrected chi connectivity index (χ2v) is 9.64. The van der Waals surface area contributed by atoms with Crippen molar-refractivity contribution in [1.29, 1.82) is 0 Å². The van der Waals surface area contributed by atoms with Crippen LogP contribution in [0.25, 0.3) is 0 Å². The molecule has 10 heteroatoms. The fourth-order valence-corrected chi connectivity index (χ4v) is 5.34. The molecule has 0 saturated carbocycles. The van der Waals surface area contributed by atoms with Crippen LogP contribution in [0.4, 0.5) is 15.8 Å². The van der Waals surface area contributed by atoms with Gasteiger partial charge in [0.2, 0.25) is 15.9 Å². The van der Waals surface area contributed by atoms with Gasteiger partial charge in [-0.2, -0.15) is 4.31 Å². The summed E-state index contributed by atoms with van der Waals surface area (Å²) < 4.78 is 46.9. The maximum Gasteiger partial charge on any atom is 0.243 e. The summed E-state index contributed by atoms with van der Waals surface area (Å²) in [5.74, 6) is -1.07. The van der Waals surface area contributed by atoms with Crippen LogP contribution in [0.2, 0.25) is 5.02 Å². The van der Waals surface area contributed by atoms with Gasteiger partial charge in [-0.15, -0.1) is 0 Å². The van der Waals surface area contributed by atoms with Crippen molar-refractivity contribution in [2.75, 3.05) is 49.6 Å². The molecule has 2 aromatic carbocycles. The first kappa shape index (κ1) is 24.4. The number of nitrogens with zero attached hydrogens (tertiary/aromatic N) is 2. The molecule has 1 saturated heterocycles. The third-order valence-electron chi connectivity index (χ3n) is 5.34. The highest BCUT2D eigenvalue weighted by Crippen LogP contribution is 2.31. The van der Waals surface area contributed by atoms with Gasteiger partial charge in [0.1, 0.15) is 5.82 Å². The summed E-state index contributed by atoms with van der Waals surface area (Å²) in [6.45, 7) is 6.45. The Morgan fingerprint density at radius 1 is 1.19 bits per heavy atom. The average molecular weight is 484 g/mol. The van der Waals surface area contributed by atoms with Crippen LogP contribution in [-0.4, -0.2) is 58.0 Å². The number of amides is 1. The highest BCUT2D eigenvalue weighted by molar-refractivity contribution is 7.89. The van der Waals surface area contributed by atoms with E-state index in [9.17, 15) is 17.6 Å². The van der Waals surface area contributed by atoms with Crippen LogP contribution in [0.15, 0.2) is 41.3 Å². The molecule has 1 aliphatic rings. The predicted octanol–water partition coefficient (Wildman–Crippen LogP) is 3.53. The number of sulfonamides is 1. The van der Waals surface area contributed by atoms with Gasteiger partial charge in [-0.25, -0.2) is 12.8 Å². The summed E-state index contributed by atoms with van der Waals surface area (Å²) in [6, 6.07) is 8.92. The van der Waals surface area contributed by atoms with Gasteiger partial charge in [0.25, 0.3) is 0 Å². The third kappa shape index (κ3) is 5.40. The van der Waals surface area contributed by atoms with Gasteiger partial charge in [0.15, 0.2) is 0 Å². The zero-order chi connectivity index (χ0) is 23.3. The maximum atomic E-state index is 14.1. The minimum atomic E-state index is -3.72. The third-order valence-corrected chi connectivity index (χ3v) is 7.74. The molecule has 1 fully saturated rings. The molecule has 0 aliphatic carbocycles. The average Bonchev–Trinajstić information content (AvgIpc) is 2.77. The lowest BCUT2D eigenvalue weighted by molar-refractivity contribution is -0.115. The van der Waals surface area contributed by atoms with Crippen molar-refractivity contribution in [3.8, 4) is 0 Å². The molecule has 0 aromatic heterocycles. The van der Waals surface area contributed by atoms with Crippen molar-refractivity contribution in [2.24, 2.45) is 0 Å². The number of carbonyl (C=O) groups excluding carboxylic acids is 1. The van der Waals surface area contributed by atoms with Crippen LogP contribution in [0, 0.1) is 5.82 Å². The van der Waals surface area contributed by atoms with E-state index in [1.54, 1.807) is 26.0 Å². The molecule has 2 aromatic rings. The van der Waals surface area contributed by atoms with Gasteiger partial charge in [0, 0.05) is 36.8 Å². The number of benzene rings is 2. The van der Waals surface area contributed by atoms with Crippen LogP contribution in [0.3, 0.4) is 0 Å². The molecule has 1 heterocycles. The van der Waals surface area contributed by atoms with Gasteiger partial charge in [-0.1, -0.05) is 31.5 Å². The number of nitrogens with one attached hydrogen (secondary N) is 1. The molecule has 0 bridgehead atoms. The number of hydrogen-bond donors (Lipinski definition) is 1. The molecule has 0 spiro atoms. The first-order valence-electron chi connectivity index (χ1n) is 10.5. The Hall–Kier alpha value is -2.20. The fraction of sp³-hybridized carbons (Fsp3) is 0.409. The van der Waals surface area contributed by atoms with Crippen LogP contribution < -0.4 is 10.2 Å². The van der Waals surface area contributed by atoms with Crippen LogP contribution in [0.5, 0.6) is 0 Å². The monoisotopic (exact) mass is 483 g/mol. The van der Waals surface area contributed by atoms with Crippen molar-refractivity contribution in [3.05, 3.63) is 52.8 Å². The van der Waals surface area contributed by atoms with Crippen molar-refractivity contribution in [1.82, 2.24) is 4.31 Å². The number of rotatable bonds is 8. The van der Waals surface area contributed by atoms with Crippen molar-refractivity contribution in [2.45, 2.75) is 25.2 Å². The zero-order valence-corrected chi connectivity index (χ0v) is 19.7. The molecule has 7 nitrogen and oxygen atoms in total. The zero-order valence-electron chi connectivity index (χ0n) is 18.1. The highest BCUT2D eigenvalue weighted by atomic mass is 35.5. The van der Waals surface area contributed by atoms with Gasteiger partial charge >= 0.3 is 0 Å². The first-order valence-corrected chi connectivity index (χ1v) is 12.3. The molecule has 3 rings (SSSR count). The molecule has 32 heavy (non-hydrogen) atoms. The van der Waals surface area contributed by atoms with Crippen molar-refractivity contribution >= 4 is 38.9 Å². The highest BCUT2D eigenvalue weighted by Gasteiger charge is 2.25. The summed E-state index contributed by atoms with van der Waals surface area (Å²) in [4.78, 5) is 14.9. The maximum absolute atomic E-state index is 14.1. The molecule has 1 amide bonds. The second-order valence-electron chi connectivity index (χ2n) is 7.29. The number of carbonyl (C=O) groups is 1. The molecule has 0 unspecified atom stereocenters. The van der Waals surface area contributed by atoms with Crippen LogP contribution in [-0.2, 0) is 26.0 Å². The van der Waals surface area contributed by atoms with E-state index in [0.717, 1.165) is 0 Å². The molecular weight excluding hydrogens is 457 g/mol. The summed E-state index contributed by atoms with van der Waals surface area (Å²) in [5, 5.41) is 2.93. The first-order chi connectivity index (χ1) is 15.3. The topological polar surface area (TPSA) is 79.0 Å². The summed E-state index contributed by atoms with van der Waals surface area (Å²) in [5.41, 5.74) is 1.11. The quantitative estimate of drug-likeness (QED) is 0.621. The van der Waals surface area contributed by atoms with E-state index in [1.165, 1.54) is 28.6 Å². The smallest absolute Gasteiger partial charge is 0.243 e. The Balaban J connectivity index is 1.95. The molecule has 1 aliphatic heterocycles. The van der Waals surface area contributed by atoms with E-state index < -0.39 is 21.7 Å². The Morgan fingerprint density at radius 2 is 1.88 bits per heavy atom. The predicted molar refractivity (Wildman–Crippen MR) is 123 cm³/mol. The molecule has 0 radical (unpaired) electrons. The fourth-order valence-electron chi connectivity index (χ4n) is 3.62. The lowest BCUT2D eigenvalue weighted by Crippen LogP contribution is -2.37. The van der Waals surface area contributed by atoms with E-state index in [0.29, 0.717) is 50.8 Å². The molecule has 1 N–H and O–H groups in total. The van der Waals surface area contributed by atoms with Crippen LogP contribution >= 0.6 is 11.6 Å². The Kier molecular flexibility index (Phi) is 8.10. The Labute approximate surface area is 193 Å². The van der Waals surface area contributed by atoms with E-state index in [1.807, 2.05) is 4.90 Å². The number of hydrogen-bond acceptors (Lipinski definition) is 5. The van der Waals surface area contributed by atoms with Crippen molar-refractivity contribution in [3.63, 3.8) is 0 Å². The standard InChI is InChI=1S/C22H27ClFN3O4S/c1-3-27(4-2)32(29,30)16-8-9-21(26-10-12-31-13-11-26)20(14-16)25-22(28)15-17-18(23)6-5-7-19(17)24/h5-9,14H,3-4,10-13,15H2,1-2H3,(H,25,28). The normalized spacial score (nSPS) is 14.6. The second kappa shape index (κ2) is 10.6. The number of morpholine rings is 1. The number of anilines is 2. The summed E-state index contributed by atoms with van der Waals surface area (Å²) >= 11 is 6.05. The Bertz CT molecular complexity index is 1050. The van der Waals surface area contributed by atoms with Crippen molar-refractivity contribution < 1.29 is 22.3 Å². The Morgan fingerprint density at radius 3 is 2.50 bits per heavy atom. The molecular formula is C22H27ClFN3O4S. The number of ether oxygens (including phenoxy) is 1. The van der Waals surface area contributed by atoms with E-state index in [4.69, 9.17) is 16.3 Å². The van der Waals surface area contributed by atoms with Gasteiger partial charge < -0.3 is 15.0 Å². The minimum Gasteiger partial charge on any atom is -0.378 e. The van der Waals surface area contributed by atoms with E-state index >= 15 is 0 Å². The summed E-state index contributed by atoms with van der Waals surface area (Å²) in [6.07, 6.45) is -0.277. The SMILES string of the molecule is CCN(CC)S(=O)(=O)c1ccc(N2CCOCC2)c(NC(=O)Cc2c(F)cccc2Cl)c1.